The number of benzene rings is 6. The number of H-pyrrole nitrogens is 1. The number of hydrogen-bond acceptors (Lipinski definition) is 11. The number of cyclic esters (lactones) is 1. The fourth-order valence-corrected chi connectivity index (χ4v) is 10.5. The SMILES string of the molecule is COCCOC(=O)N1C(=O)C2(c3cc(C#CCN(C)Cc4ccccc4)ccc31)C(C(=O)NCc1nc3ccccc3[nH]1)C1C(=O)OC(c3ccccc3)C(c3ccccc3)N1C2c1ccc(O)cc1. The number of amides is 3. The fourth-order valence-electron chi connectivity index (χ4n) is 10.5. The van der Waals surface area contributed by atoms with Gasteiger partial charge in [-0.05, 0) is 77.3 Å². The van der Waals surface area contributed by atoms with Crippen molar-refractivity contribution in [3.63, 3.8) is 0 Å². The number of anilines is 1. The summed E-state index contributed by atoms with van der Waals surface area (Å²) in [6.07, 6.45) is -1.90. The maximum absolute atomic E-state index is 16.4. The van der Waals surface area contributed by atoms with Crippen LogP contribution in [0.5, 0.6) is 5.75 Å². The maximum Gasteiger partial charge on any atom is 0.421 e. The van der Waals surface area contributed by atoms with Gasteiger partial charge in [0.25, 0.3) is 0 Å². The summed E-state index contributed by atoms with van der Waals surface area (Å²) in [7, 11) is 3.44. The summed E-state index contributed by atoms with van der Waals surface area (Å²) >= 11 is 0. The monoisotopic (exact) mass is 934 g/mol. The van der Waals surface area contributed by atoms with Crippen LogP contribution in [0.25, 0.3) is 11.0 Å². The summed E-state index contributed by atoms with van der Waals surface area (Å²) in [4.78, 5) is 75.0. The van der Waals surface area contributed by atoms with Crippen molar-refractivity contribution >= 4 is 40.6 Å². The Bertz CT molecular complexity index is 3090. The van der Waals surface area contributed by atoms with Crippen LogP contribution < -0.4 is 10.2 Å². The molecule has 352 valence electrons. The van der Waals surface area contributed by atoms with Gasteiger partial charge in [0.15, 0.2) is 0 Å². The zero-order chi connectivity index (χ0) is 48.4. The number of phenols is 1. The number of fused-ring (bicyclic) bond motifs is 4. The predicted octanol–water partition coefficient (Wildman–Crippen LogP) is 7.52. The highest BCUT2D eigenvalue weighted by molar-refractivity contribution is 6.23. The van der Waals surface area contributed by atoms with Gasteiger partial charge < -0.3 is 29.6 Å². The number of para-hydroxylation sites is 2. The van der Waals surface area contributed by atoms with Crippen LogP contribution in [0.1, 0.15) is 57.4 Å². The molecule has 4 heterocycles. The summed E-state index contributed by atoms with van der Waals surface area (Å²) in [5.41, 5.74) is 3.44. The second-order valence-electron chi connectivity index (χ2n) is 17.7. The molecule has 7 aromatic rings. The smallest absolute Gasteiger partial charge is 0.421 e. The van der Waals surface area contributed by atoms with Crippen LogP contribution >= 0.6 is 0 Å². The minimum Gasteiger partial charge on any atom is -0.508 e. The standard InChI is InChI=1S/C56H50N6O8/c1-60(35-37-15-6-3-7-16-37)30-14-17-36-24-29-45-42(33-36)56(54(66)61(45)55(67)69-32-31-68-2)47(52(64)57-34-46-58-43-22-12-13-23-44(43)59-46)49-53(65)70-50(39-20-10-5-11-21-39)48(38-18-8-4-9-19-38)62(49)51(56)40-25-27-41(63)28-26-40/h3-13,15-16,18-29,33,47-51,63H,30-32,34-35H2,1-2H3,(H,57,64)(H,58,59). The molecular formula is C56H50N6O8. The summed E-state index contributed by atoms with van der Waals surface area (Å²) in [5.74, 6) is 3.25. The number of phenolic OH excluding ortho intramolecular Hbond substituents is 1. The number of rotatable bonds is 12. The number of ether oxygens (including phenoxy) is 3. The van der Waals surface area contributed by atoms with Crippen molar-refractivity contribution < 1.29 is 38.5 Å². The number of carbonyl (C=O) groups excluding carboxylic acids is 4. The number of imidazole rings is 1. The Labute approximate surface area is 404 Å². The number of aromatic hydroxyl groups is 1. The van der Waals surface area contributed by atoms with E-state index in [1.165, 1.54) is 19.2 Å². The van der Waals surface area contributed by atoms with Crippen molar-refractivity contribution in [3.8, 4) is 17.6 Å². The van der Waals surface area contributed by atoms with Crippen LogP contribution in [0, 0.1) is 17.8 Å². The molecule has 1 spiro atoms. The number of morpholine rings is 1. The highest BCUT2D eigenvalue weighted by atomic mass is 16.6. The first-order valence-corrected chi connectivity index (χ1v) is 23.1. The lowest BCUT2D eigenvalue weighted by Gasteiger charge is -2.46. The first kappa shape index (κ1) is 45.7. The molecule has 3 amide bonds. The molecule has 3 N–H and O–H groups in total. The predicted molar refractivity (Wildman–Crippen MR) is 261 cm³/mol. The normalized spacial score (nSPS) is 21.5. The average molecular weight is 935 g/mol. The van der Waals surface area contributed by atoms with Crippen LogP contribution in [0.3, 0.4) is 0 Å². The third kappa shape index (κ3) is 8.34. The number of esters is 1. The van der Waals surface area contributed by atoms with Crippen LogP contribution in [0.4, 0.5) is 10.5 Å². The second-order valence-corrected chi connectivity index (χ2v) is 17.7. The average Bonchev–Trinajstić information content (AvgIpc) is 4.03. The van der Waals surface area contributed by atoms with Crippen molar-refractivity contribution in [2.75, 3.05) is 38.8 Å². The van der Waals surface area contributed by atoms with Gasteiger partial charge in [0.2, 0.25) is 11.8 Å². The van der Waals surface area contributed by atoms with Gasteiger partial charge in [0.1, 0.15) is 35.7 Å². The molecule has 0 bridgehead atoms. The van der Waals surface area contributed by atoms with E-state index < -0.39 is 59.4 Å². The topological polar surface area (TPSA) is 167 Å². The quantitative estimate of drug-likeness (QED) is 0.0631. The lowest BCUT2D eigenvalue weighted by Crippen LogP contribution is -2.55. The van der Waals surface area contributed by atoms with Gasteiger partial charge in [-0.25, -0.2) is 14.7 Å². The first-order chi connectivity index (χ1) is 34.2. The number of aromatic amines is 1. The Kier molecular flexibility index (Phi) is 12.7. The minimum atomic E-state index is -2.05. The van der Waals surface area contributed by atoms with Crippen LogP contribution in [-0.2, 0) is 47.1 Å². The number of hydrogen-bond donors (Lipinski definition) is 3. The van der Waals surface area contributed by atoms with Gasteiger partial charge in [-0.1, -0.05) is 127 Å². The summed E-state index contributed by atoms with van der Waals surface area (Å²) < 4.78 is 17.5. The van der Waals surface area contributed by atoms with Gasteiger partial charge in [-0.3, -0.25) is 24.2 Å². The molecule has 3 aliphatic rings. The zero-order valence-corrected chi connectivity index (χ0v) is 38.5. The van der Waals surface area contributed by atoms with E-state index in [1.54, 1.807) is 30.3 Å². The first-order valence-electron chi connectivity index (χ1n) is 23.1. The summed E-state index contributed by atoms with van der Waals surface area (Å²) in [5, 5.41) is 13.8. The fraction of sp³-hybridized carbons (Fsp3) is 0.232. The van der Waals surface area contributed by atoms with E-state index in [1.807, 2.05) is 115 Å². The van der Waals surface area contributed by atoms with Crippen molar-refractivity contribution in [1.29, 1.82) is 0 Å². The van der Waals surface area contributed by atoms with E-state index in [4.69, 9.17) is 19.2 Å². The van der Waals surface area contributed by atoms with Crippen molar-refractivity contribution in [3.05, 3.63) is 197 Å². The second kappa shape index (κ2) is 19.5. The van der Waals surface area contributed by atoms with Gasteiger partial charge in [0.05, 0.1) is 54.4 Å². The molecule has 14 heteroatoms. The number of nitrogens with one attached hydrogen (secondary N) is 2. The Hall–Kier alpha value is -8.09. The van der Waals surface area contributed by atoms with E-state index in [-0.39, 0.29) is 36.8 Å². The van der Waals surface area contributed by atoms with Gasteiger partial charge in [-0.2, -0.15) is 0 Å². The molecule has 3 aliphatic heterocycles. The van der Waals surface area contributed by atoms with Gasteiger partial charge in [0, 0.05) is 19.2 Å². The molecule has 2 fully saturated rings. The van der Waals surface area contributed by atoms with E-state index in [2.05, 4.69) is 39.2 Å². The van der Waals surface area contributed by atoms with Crippen LogP contribution in [-0.4, -0.2) is 88.7 Å². The van der Waals surface area contributed by atoms with Crippen molar-refractivity contribution in [1.82, 2.24) is 25.1 Å². The zero-order valence-electron chi connectivity index (χ0n) is 38.5. The molecule has 6 aromatic carbocycles. The van der Waals surface area contributed by atoms with E-state index in [9.17, 15) is 9.90 Å². The maximum atomic E-state index is 16.4. The van der Waals surface area contributed by atoms with Gasteiger partial charge in [-0.15, -0.1) is 0 Å². The number of imide groups is 1. The molecule has 6 atom stereocenters. The highest BCUT2D eigenvalue weighted by Crippen LogP contribution is 2.66. The molecule has 14 nitrogen and oxygen atoms in total. The third-order valence-corrected chi connectivity index (χ3v) is 13.4. The Morgan fingerprint density at radius 3 is 2.23 bits per heavy atom. The largest absolute Gasteiger partial charge is 0.508 e. The number of carbonyl (C=O) groups is 4. The number of methoxy groups -OCH3 is 1. The number of aromatic nitrogens is 2. The summed E-state index contributed by atoms with van der Waals surface area (Å²) in [6, 6.07) is 44.5. The summed E-state index contributed by atoms with van der Waals surface area (Å²) in [6.45, 7) is 0.866. The Morgan fingerprint density at radius 1 is 0.829 bits per heavy atom. The van der Waals surface area contributed by atoms with Crippen LogP contribution in [0.2, 0.25) is 0 Å². The van der Waals surface area contributed by atoms with E-state index >= 15 is 14.4 Å². The van der Waals surface area contributed by atoms with Crippen LogP contribution in [0.15, 0.2) is 158 Å². The molecular weight excluding hydrogens is 885 g/mol. The lowest BCUT2D eigenvalue weighted by atomic mass is 9.65. The molecule has 2 saturated heterocycles. The molecule has 0 saturated carbocycles. The van der Waals surface area contributed by atoms with E-state index in [0.29, 0.717) is 41.1 Å². The molecule has 10 rings (SSSR count). The third-order valence-electron chi connectivity index (χ3n) is 13.4. The highest BCUT2D eigenvalue weighted by Gasteiger charge is 2.75. The van der Waals surface area contributed by atoms with Crippen molar-refractivity contribution in [2.45, 2.75) is 42.7 Å². The minimum absolute atomic E-state index is 0.0383. The molecule has 6 unspecified atom stereocenters. The van der Waals surface area contributed by atoms with Crippen molar-refractivity contribution in [2.24, 2.45) is 5.92 Å². The lowest BCUT2D eigenvalue weighted by molar-refractivity contribution is -0.178. The Morgan fingerprint density at radius 2 is 1.51 bits per heavy atom. The number of nitrogens with zero attached hydrogens (tertiary/aromatic N) is 4. The Balaban J connectivity index is 1.19. The molecule has 0 aliphatic carbocycles. The molecule has 1 aromatic heterocycles. The molecule has 0 radical (unpaired) electrons. The van der Waals surface area contributed by atoms with E-state index in [0.717, 1.165) is 21.5 Å². The van der Waals surface area contributed by atoms with Gasteiger partial charge >= 0.3 is 12.1 Å². The molecule has 70 heavy (non-hydrogen) atoms.